The molecule has 4 nitrogen and oxygen atoms in total. The summed E-state index contributed by atoms with van der Waals surface area (Å²) in [5, 5.41) is 0. The molecule has 1 aliphatic rings. The van der Waals surface area contributed by atoms with Gasteiger partial charge in [-0.1, -0.05) is 0 Å². The van der Waals surface area contributed by atoms with E-state index in [1.807, 2.05) is 19.3 Å². The van der Waals surface area contributed by atoms with E-state index >= 15 is 0 Å². The van der Waals surface area contributed by atoms with E-state index < -0.39 is 0 Å². The van der Waals surface area contributed by atoms with Gasteiger partial charge in [0.15, 0.2) is 0 Å². The highest BCUT2D eigenvalue weighted by molar-refractivity contribution is 5.31. The lowest BCUT2D eigenvalue weighted by Gasteiger charge is -2.34. The number of nitrogens with zero attached hydrogens (tertiary/aromatic N) is 3. The van der Waals surface area contributed by atoms with E-state index in [1.165, 1.54) is 19.3 Å². The predicted octanol–water partition coefficient (Wildman–Crippen LogP) is 1.35. The molecule has 0 radical (unpaired) electrons. The van der Waals surface area contributed by atoms with Crippen molar-refractivity contribution in [1.29, 1.82) is 0 Å². The van der Waals surface area contributed by atoms with E-state index in [1.54, 1.807) is 0 Å². The van der Waals surface area contributed by atoms with Gasteiger partial charge in [-0.25, -0.2) is 9.97 Å². The van der Waals surface area contributed by atoms with E-state index in [-0.39, 0.29) is 6.04 Å². The van der Waals surface area contributed by atoms with Gasteiger partial charge in [0.05, 0.1) is 0 Å². The third kappa shape index (κ3) is 2.50. The fourth-order valence-electron chi connectivity index (χ4n) is 1.94. The summed E-state index contributed by atoms with van der Waals surface area (Å²) in [6.45, 7) is 1.99. The van der Waals surface area contributed by atoms with Gasteiger partial charge in [0.1, 0.15) is 0 Å². The van der Waals surface area contributed by atoms with Crippen molar-refractivity contribution < 1.29 is 0 Å². The number of hydrogen-bond donors (Lipinski definition) is 1. The molecule has 2 N–H and O–H groups in total. The van der Waals surface area contributed by atoms with Crippen molar-refractivity contribution in [2.24, 2.45) is 5.73 Å². The van der Waals surface area contributed by atoms with Crippen molar-refractivity contribution in [2.75, 3.05) is 11.9 Å². The molecule has 1 heterocycles. The van der Waals surface area contributed by atoms with Crippen LogP contribution in [0.25, 0.3) is 0 Å². The Morgan fingerprint density at radius 3 is 2.50 bits per heavy atom. The van der Waals surface area contributed by atoms with Crippen LogP contribution in [0.5, 0.6) is 0 Å². The summed E-state index contributed by atoms with van der Waals surface area (Å²) in [6.07, 6.45) is 8.48. The Morgan fingerprint density at radius 2 is 2.06 bits per heavy atom. The minimum Gasteiger partial charge on any atom is -0.341 e. The molecule has 1 aromatic rings. The first-order valence-corrected chi connectivity index (χ1v) is 5.96. The fourth-order valence-corrected chi connectivity index (χ4v) is 1.94. The van der Waals surface area contributed by atoms with Gasteiger partial charge in [-0.05, 0) is 38.2 Å². The van der Waals surface area contributed by atoms with Crippen LogP contribution >= 0.6 is 0 Å². The van der Waals surface area contributed by atoms with Gasteiger partial charge in [0, 0.05) is 31.5 Å². The molecule has 88 valence electrons. The third-order valence-electron chi connectivity index (χ3n) is 3.19. The van der Waals surface area contributed by atoms with Crippen LogP contribution in [0.4, 0.5) is 5.95 Å². The Bertz CT molecular complexity index is 329. The maximum atomic E-state index is 5.74. The number of anilines is 1. The van der Waals surface area contributed by atoms with Gasteiger partial charge in [0.25, 0.3) is 0 Å². The van der Waals surface area contributed by atoms with Crippen molar-refractivity contribution in [3.05, 3.63) is 18.0 Å². The monoisotopic (exact) mass is 220 g/mol. The minimum absolute atomic E-state index is 0.166. The van der Waals surface area contributed by atoms with Gasteiger partial charge < -0.3 is 10.6 Å². The lowest BCUT2D eigenvalue weighted by atomic mass is 9.92. The smallest absolute Gasteiger partial charge is 0.225 e. The Hall–Kier alpha value is -1.16. The molecule has 0 saturated heterocycles. The van der Waals surface area contributed by atoms with Crippen LogP contribution in [-0.4, -0.2) is 29.1 Å². The minimum atomic E-state index is 0.166. The summed E-state index contributed by atoms with van der Waals surface area (Å²) < 4.78 is 0. The predicted molar refractivity (Wildman–Crippen MR) is 65.4 cm³/mol. The molecule has 16 heavy (non-hydrogen) atoms. The molecule has 4 heteroatoms. The quantitative estimate of drug-likeness (QED) is 0.832. The van der Waals surface area contributed by atoms with Crippen LogP contribution in [-0.2, 0) is 6.42 Å². The van der Waals surface area contributed by atoms with Crippen LogP contribution in [0.2, 0.25) is 0 Å². The van der Waals surface area contributed by atoms with Crippen LogP contribution in [0.3, 0.4) is 0 Å². The van der Waals surface area contributed by atoms with E-state index in [0.29, 0.717) is 6.04 Å². The summed E-state index contributed by atoms with van der Waals surface area (Å²) in [5.74, 6) is 0.832. The van der Waals surface area contributed by atoms with Crippen LogP contribution in [0, 0.1) is 0 Å². The number of nitrogens with two attached hydrogens (primary N) is 1. The second kappa shape index (κ2) is 4.78. The van der Waals surface area contributed by atoms with Crippen LogP contribution in [0.15, 0.2) is 12.4 Å². The molecule has 1 aliphatic carbocycles. The van der Waals surface area contributed by atoms with E-state index in [0.717, 1.165) is 17.9 Å². The molecule has 0 aliphatic heterocycles. The second-order valence-corrected chi connectivity index (χ2v) is 4.77. The number of hydrogen-bond acceptors (Lipinski definition) is 4. The average molecular weight is 220 g/mol. The van der Waals surface area contributed by atoms with Crippen LogP contribution < -0.4 is 10.6 Å². The molecule has 0 bridgehead atoms. The van der Waals surface area contributed by atoms with Gasteiger partial charge in [-0.3, -0.25) is 0 Å². The van der Waals surface area contributed by atoms with Gasteiger partial charge >= 0.3 is 0 Å². The molecule has 0 amide bonds. The van der Waals surface area contributed by atoms with Gasteiger partial charge in [0.2, 0.25) is 5.95 Å². The van der Waals surface area contributed by atoms with Gasteiger partial charge in [-0.15, -0.1) is 0 Å². The summed E-state index contributed by atoms with van der Waals surface area (Å²) in [7, 11) is 2.07. The first-order valence-electron chi connectivity index (χ1n) is 5.96. The van der Waals surface area contributed by atoms with Crippen LogP contribution in [0.1, 0.15) is 31.7 Å². The molecule has 1 atom stereocenters. The van der Waals surface area contributed by atoms with Crippen molar-refractivity contribution in [2.45, 2.75) is 44.7 Å². The Morgan fingerprint density at radius 1 is 1.44 bits per heavy atom. The maximum Gasteiger partial charge on any atom is 0.225 e. The molecule has 1 unspecified atom stereocenters. The zero-order valence-corrected chi connectivity index (χ0v) is 10.1. The molecule has 1 fully saturated rings. The largest absolute Gasteiger partial charge is 0.341 e. The first-order chi connectivity index (χ1) is 7.66. The molecule has 1 aromatic heterocycles. The zero-order valence-electron chi connectivity index (χ0n) is 10.1. The molecular weight excluding hydrogens is 200 g/mol. The SMILES string of the molecule is CC(N)Cc1cnc(N(C)C2CCC2)nc1. The Kier molecular flexibility index (Phi) is 3.39. The summed E-state index contributed by atoms with van der Waals surface area (Å²) in [4.78, 5) is 11.0. The highest BCUT2D eigenvalue weighted by atomic mass is 15.3. The Balaban J connectivity index is 2.00. The fraction of sp³-hybridized carbons (Fsp3) is 0.667. The maximum absolute atomic E-state index is 5.74. The van der Waals surface area contributed by atoms with Crippen molar-refractivity contribution in [1.82, 2.24) is 9.97 Å². The molecule has 0 aromatic carbocycles. The lowest BCUT2D eigenvalue weighted by Crippen LogP contribution is -2.38. The third-order valence-corrected chi connectivity index (χ3v) is 3.19. The topological polar surface area (TPSA) is 55.0 Å². The first kappa shape index (κ1) is 11.3. The highest BCUT2D eigenvalue weighted by Crippen LogP contribution is 2.25. The zero-order chi connectivity index (χ0) is 11.5. The number of aromatic nitrogens is 2. The summed E-state index contributed by atoms with van der Waals surface area (Å²) in [6, 6.07) is 0.804. The van der Waals surface area contributed by atoms with Crippen molar-refractivity contribution in [3.63, 3.8) is 0 Å². The average Bonchev–Trinajstić information content (AvgIpc) is 2.15. The highest BCUT2D eigenvalue weighted by Gasteiger charge is 2.23. The standard InChI is InChI=1S/C12H20N4/c1-9(13)6-10-7-14-12(15-8-10)16(2)11-4-3-5-11/h7-9,11H,3-6,13H2,1-2H3. The molecular formula is C12H20N4. The Labute approximate surface area is 96.9 Å². The van der Waals surface area contributed by atoms with E-state index in [4.69, 9.17) is 5.73 Å². The van der Waals surface area contributed by atoms with Crippen molar-refractivity contribution >= 4 is 5.95 Å². The van der Waals surface area contributed by atoms with E-state index in [9.17, 15) is 0 Å². The second-order valence-electron chi connectivity index (χ2n) is 4.77. The summed E-state index contributed by atoms with van der Waals surface area (Å²) in [5.41, 5.74) is 6.85. The normalized spacial score (nSPS) is 17.9. The lowest BCUT2D eigenvalue weighted by molar-refractivity contribution is 0.397. The van der Waals surface area contributed by atoms with Crippen molar-refractivity contribution in [3.8, 4) is 0 Å². The van der Waals surface area contributed by atoms with Gasteiger partial charge in [-0.2, -0.15) is 0 Å². The number of rotatable bonds is 4. The molecule has 0 spiro atoms. The summed E-state index contributed by atoms with van der Waals surface area (Å²) >= 11 is 0. The molecule has 2 rings (SSSR count). The molecule has 1 saturated carbocycles. The van der Waals surface area contributed by atoms with E-state index in [2.05, 4.69) is 21.9 Å².